The van der Waals surface area contributed by atoms with Crippen LogP contribution in [0.15, 0.2) is 18.2 Å². The molecule has 0 saturated heterocycles. The minimum Gasteiger partial charge on any atom is -0.492 e. The number of aliphatic carboxylic acids is 3. The number of carbonyl (C=O) groups excluding carboxylic acids is 1. The lowest BCUT2D eigenvalue weighted by Crippen LogP contribution is -2.46. The third-order valence-corrected chi connectivity index (χ3v) is 5.10. The van der Waals surface area contributed by atoms with Crippen LogP contribution in [0.1, 0.15) is 33.1 Å². The third kappa shape index (κ3) is 15.1. The number of halogens is 2. The van der Waals surface area contributed by atoms with E-state index in [1.165, 1.54) is 0 Å². The maximum Gasteiger partial charge on any atom is 0.336 e. The largest absolute Gasteiger partial charge is 0.492 e. The van der Waals surface area contributed by atoms with Crippen LogP contribution in [-0.2, 0) is 14.4 Å². The Morgan fingerprint density at radius 3 is 1.89 bits per heavy atom. The van der Waals surface area contributed by atoms with Crippen LogP contribution >= 0.6 is 23.2 Å². The first-order chi connectivity index (χ1) is 17.1. The molecule has 0 atom stereocenters. The summed E-state index contributed by atoms with van der Waals surface area (Å²) in [6.07, 6.45) is -1.37. The Bertz CT molecular complexity index is 877. The number of benzene rings is 1. The van der Waals surface area contributed by atoms with Crippen molar-refractivity contribution in [3.63, 3.8) is 0 Å². The molecule has 5 N–H and O–H groups in total. The van der Waals surface area contributed by atoms with E-state index in [0.717, 1.165) is 13.0 Å². The van der Waals surface area contributed by atoms with Crippen LogP contribution in [0.3, 0.4) is 0 Å². The van der Waals surface area contributed by atoms with Gasteiger partial charge in [0.05, 0.1) is 19.4 Å². The second kappa shape index (κ2) is 16.8. The molecule has 0 aliphatic carbocycles. The average Bonchev–Trinajstić information content (AvgIpc) is 2.72. The van der Waals surface area contributed by atoms with Crippen LogP contribution in [0, 0.1) is 0 Å². The minimum atomic E-state index is -2.74. The highest BCUT2D eigenvalue weighted by molar-refractivity contribution is 6.34. The van der Waals surface area contributed by atoms with Gasteiger partial charge in [-0.3, -0.25) is 9.59 Å². The van der Waals surface area contributed by atoms with Gasteiger partial charge >= 0.3 is 23.9 Å². The van der Waals surface area contributed by atoms with Gasteiger partial charge in [0.15, 0.2) is 5.60 Å². The lowest BCUT2D eigenvalue weighted by molar-refractivity contribution is -0.170. The molecule has 1 aromatic carbocycles. The van der Waals surface area contributed by atoms with Crippen molar-refractivity contribution in [2.75, 3.05) is 40.3 Å². The lowest BCUT2D eigenvalue weighted by Gasteiger charge is -2.27. The first-order valence-electron chi connectivity index (χ1n) is 11.2. The van der Waals surface area contributed by atoms with E-state index in [1.807, 2.05) is 27.9 Å². The van der Waals surface area contributed by atoms with Crippen molar-refractivity contribution in [2.24, 2.45) is 0 Å². The molecule has 0 unspecified atom stereocenters. The molecular weight excluding hydrogens is 533 g/mol. The van der Waals surface area contributed by atoms with Crippen LogP contribution in [0.2, 0.25) is 10.0 Å². The van der Waals surface area contributed by atoms with Gasteiger partial charge in [-0.05, 0) is 59.1 Å². The number of urea groups is 1. The molecule has 0 fully saturated rings. The summed E-state index contributed by atoms with van der Waals surface area (Å²) in [6.45, 7) is 6.43. The molecule has 0 radical (unpaired) electrons. The molecule has 0 saturated carbocycles. The summed E-state index contributed by atoms with van der Waals surface area (Å²) in [5.74, 6) is -4.42. The second-order valence-electron chi connectivity index (χ2n) is 8.61. The van der Waals surface area contributed by atoms with Crippen molar-refractivity contribution in [1.29, 1.82) is 0 Å². The molecule has 1 rings (SSSR count). The summed E-state index contributed by atoms with van der Waals surface area (Å²) in [5.41, 5.74) is -2.74. The number of rotatable bonds is 14. The Kier molecular flexibility index (Phi) is 15.6. The average molecular weight is 568 g/mol. The van der Waals surface area contributed by atoms with Gasteiger partial charge in [-0.2, -0.15) is 0 Å². The highest BCUT2D eigenvalue weighted by Crippen LogP contribution is 2.24. The zero-order valence-electron chi connectivity index (χ0n) is 21.2. The SMILES string of the molecule is CC(C)N(CCOc1cc(Cl)cc(Cl)c1)C(=O)NCCCN(C)C.O=C(O)CC(O)(CC(=O)O)C(=O)O. The Hall–Kier alpha value is -2.80. The van der Waals surface area contributed by atoms with Crippen molar-refractivity contribution < 1.29 is 44.3 Å². The number of nitrogens with zero attached hydrogens (tertiary/aromatic N) is 2. The molecule has 0 aromatic heterocycles. The van der Waals surface area contributed by atoms with Crippen LogP contribution in [-0.4, -0.2) is 106 Å². The molecule has 2 amide bonds. The predicted octanol–water partition coefficient (Wildman–Crippen LogP) is 2.50. The van der Waals surface area contributed by atoms with Crippen LogP contribution in [0.5, 0.6) is 5.75 Å². The number of amides is 2. The van der Waals surface area contributed by atoms with E-state index in [-0.39, 0.29) is 12.1 Å². The zero-order valence-corrected chi connectivity index (χ0v) is 22.8. The van der Waals surface area contributed by atoms with E-state index in [1.54, 1.807) is 23.1 Å². The van der Waals surface area contributed by atoms with E-state index in [4.69, 9.17) is 48.4 Å². The number of nitrogens with one attached hydrogen (secondary N) is 1. The summed E-state index contributed by atoms with van der Waals surface area (Å²) >= 11 is 11.9. The lowest BCUT2D eigenvalue weighted by atomic mass is 9.96. The molecule has 0 heterocycles. The number of carboxylic acid groups (broad SMARTS) is 3. The summed E-state index contributed by atoms with van der Waals surface area (Å²) in [6, 6.07) is 5.07. The fourth-order valence-corrected chi connectivity index (χ4v) is 3.38. The molecule has 12 nitrogen and oxygen atoms in total. The van der Waals surface area contributed by atoms with Crippen molar-refractivity contribution in [3.8, 4) is 5.75 Å². The van der Waals surface area contributed by atoms with Gasteiger partial charge in [0.1, 0.15) is 12.4 Å². The number of hydrogen-bond donors (Lipinski definition) is 5. The number of hydrogen-bond acceptors (Lipinski definition) is 7. The zero-order chi connectivity index (χ0) is 28.8. The number of aliphatic hydroxyl groups is 1. The molecule has 37 heavy (non-hydrogen) atoms. The first kappa shape index (κ1) is 34.2. The number of carboxylic acids is 3. The molecule has 1 aromatic rings. The molecule has 0 bridgehead atoms. The van der Waals surface area contributed by atoms with Crippen molar-refractivity contribution in [2.45, 2.75) is 44.8 Å². The molecular formula is C23H35Cl2N3O9. The van der Waals surface area contributed by atoms with Gasteiger partial charge in [0.25, 0.3) is 0 Å². The second-order valence-corrected chi connectivity index (χ2v) is 9.48. The number of ether oxygens (including phenoxy) is 1. The highest BCUT2D eigenvalue weighted by Gasteiger charge is 2.40. The highest BCUT2D eigenvalue weighted by atomic mass is 35.5. The molecule has 0 spiro atoms. The van der Waals surface area contributed by atoms with Gasteiger partial charge in [-0.15, -0.1) is 0 Å². The predicted molar refractivity (Wildman–Crippen MR) is 137 cm³/mol. The molecule has 14 heteroatoms. The normalized spacial score (nSPS) is 10.9. The number of carbonyl (C=O) groups is 4. The van der Waals surface area contributed by atoms with E-state index in [9.17, 15) is 19.2 Å². The van der Waals surface area contributed by atoms with Gasteiger partial charge in [-0.1, -0.05) is 23.2 Å². The third-order valence-electron chi connectivity index (χ3n) is 4.66. The fourth-order valence-electron chi connectivity index (χ4n) is 2.87. The van der Waals surface area contributed by atoms with E-state index in [2.05, 4.69) is 10.2 Å². The van der Waals surface area contributed by atoms with Gasteiger partial charge in [0, 0.05) is 22.6 Å². The van der Waals surface area contributed by atoms with Crippen LogP contribution in [0.4, 0.5) is 4.79 Å². The molecule has 0 aliphatic rings. The fraction of sp³-hybridized carbons (Fsp3) is 0.565. The summed E-state index contributed by atoms with van der Waals surface area (Å²) < 4.78 is 5.66. The van der Waals surface area contributed by atoms with E-state index in [0.29, 0.717) is 35.5 Å². The molecule has 210 valence electrons. The minimum absolute atomic E-state index is 0.0727. The quantitative estimate of drug-likeness (QED) is 0.210. The molecule has 0 aliphatic heterocycles. The smallest absolute Gasteiger partial charge is 0.336 e. The van der Waals surface area contributed by atoms with Gasteiger partial charge in [0.2, 0.25) is 0 Å². The summed E-state index contributed by atoms with van der Waals surface area (Å²) in [4.78, 5) is 46.6. The van der Waals surface area contributed by atoms with E-state index >= 15 is 0 Å². The maximum atomic E-state index is 12.3. The van der Waals surface area contributed by atoms with Crippen LogP contribution < -0.4 is 10.1 Å². The standard InChI is InChI=1S/C17H27Cl2N3O2.C6H8O7/c1-13(2)22(17(23)20-6-5-7-21(3)4)8-9-24-16-11-14(18)10-15(19)12-16;7-3(8)1-6(13,5(11)12)2-4(9)10/h10-13H,5-9H2,1-4H3,(H,20,23);13H,1-2H2,(H,7,8)(H,9,10)(H,11,12). The van der Waals surface area contributed by atoms with Crippen molar-refractivity contribution in [3.05, 3.63) is 28.2 Å². The summed E-state index contributed by atoms with van der Waals surface area (Å²) in [7, 11) is 4.03. The first-order valence-corrected chi connectivity index (χ1v) is 12.0. The monoisotopic (exact) mass is 567 g/mol. The summed E-state index contributed by atoms with van der Waals surface area (Å²) in [5, 5.41) is 37.8. The van der Waals surface area contributed by atoms with Crippen LogP contribution in [0.25, 0.3) is 0 Å². The topological polar surface area (TPSA) is 177 Å². The maximum absolute atomic E-state index is 12.3. The van der Waals surface area contributed by atoms with Gasteiger partial charge in [-0.25, -0.2) is 9.59 Å². The Morgan fingerprint density at radius 2 is 1.49 bits per heavy atom. The van der Waals surface area contributed by atoms with Crippen molar-refractivity contribution in [1.82, 2.24) is 15.1 Å². The van der Waals surface area contributed by atoms with Crippen molar-refractivity contribution >= 4 is 47.1 Å². The Labute approximate surface area is 225 Å². The Balaban J connectivity index is 0.000000845. The van der Waals surface area contributed by atoms with E-state index < -0.39 is 36.4 Å². The Morgan fingerprint density at radius 1 is 0.973 bits per heavy atom. The van der Waals surface area contributed by atoms with Gasteiger partial charge < -0.3 is 40.3 Å².